The van der Waals surface area contributed by atoms with E-state index in [4.69, 9.17) is 9.97 Å². The summed E-state index contributed by atoms with van der Waals surface area (Å²) in [4.78, 5) is 29.1. The van der Waals surface area contributed by atoms with E-state index in [1.54, 1.807) is 16.8 Å². The molecule has 0 saturated carbocycles. The molecule has 1 N–H and O–H groups in total. The Bertz CT molecular complexity index is 1350. The number of benzene rings is 2. The van der Waals surface area contributed by atoms with Crippen molar-refractivity contribution in [1.82, 2.24) is 19.5 Å². The standard InChI is InChI=1S/C27H28N6O/c1-3-20-9-7-12-22(17-20)23-18-25(34)33-16-8-15-32(27(33)30-23)24-13-14-28-26(31-24)29-19(2)21-10-5-4-6-11-21/h4-7,9-14,17-19H,3,8,15-16H2,1-2H3,(H,28,29,31). The zero-order valence-corrected chi connectivity index (χ0v) is 19.5. The number of aromatic nitrogens is 4. The quantitative estimate of drug-likeness (QED) is 0.445. The van der Waals surface area contributed by atoms with Crippen LogP contribution in [-0.4, -0.2) is 26.1 Å². The lowest BCUT2D eigenvalue weighted by Gasteiger charge is -2.30. The first-order chi connectivity index (χ1) is 16.6. The maximum Gasteiger partial charge on any atom is 0.255 e. The summed E-state index contributed by atoms with van der Waals surface area (Å²) in [6, 6.07) is 22.0. The molecule has 0 aliphatic carbocycles. The molecular formula is C27H28N6O. The van der Waals surface area contributed by atoms with E-state index >= 15 is 0 Å². The molecule has 3 heterocycles. The Morgan fingerprint density at radius 1 is 1.00 bits per heavy atom. The van der Waals surface area contributed by atoms with Gasteiger partial charge in [0.2, 0.25) is 11.9 Å². The van der Waals surface area contributed by atoms with Gasteiger partial charge < -0.3 is 5.32 Å². The largest absolute Gasteiger partial charge is 0.348 e. The van der Waals surface area contributed by atoms with Crippen LogP contribution >= 0.6 is 0 Å². The van der Waals surface area contributed by atoms with Gasteiger partial charge in [-0.2, -0.15) is 4.98 Å². The minimum absolute atomic E-state index is 0.0447. The highest BCUT2D eigenvalue weighted by Gasteiger charge is 2.23. The normalized spacial score (nSPS) is 13.9. The van der Waals surface area contributed by atoms with Crippen LogP contribution in [0, 0.1) is 0 Å². The fourth-order valence-electron chi connectivity index (χ4n) is 4.30. The molecule has 7 heteroatoms. The summed E-state index contributed by atoms with van der Waals surface area (Å²) in [6.07, 6.45) is 3.52. The Hall–Kier alpha value is -4.00. The predicted molar refractivity (Wildman–Crippen MR) is 135 cm³/mol. The minimum Gasteiger partial charge on any atom is -0.348 e. The monoisotopic (exact) mass is 452 g/mol. The van der Waals surface area contributed by atoms with Crippen molar-refractivity contribution >= 4 is 17.7 Å². The van der Waals surface area contributed by atoms with Gasteiger partial charge in [-0.3, -0.25) is 14.3 Å². The van der Waals surface area contributed by atoms with E-state index in [2.05, 4.69) is 48.4 Å². The number of anilines is 3. The number of aryl methyl sites for hydroxylation is 1. The summed E-state index contributed by atoms with van der Waals surface area (Å²) in [6.45, 7) is 5.58. The molecule has 0 radical (unpaired) electrons. The Labute approximate surface area is 199 Å². The average Bonchev–Trinajstić information content (AvgIpc) is 2.89. The van der Waals surface area contributed by atoms with Crippen LogP contribution in [0.25, 0.3) is 11.3 Å². The number of rotatable bonds is 6. The van der Waals surface area contributed by atoms with Crippen LogP contribution in [-0.2, 0) is 13.0 Å². The summed E-state index contributed by atoms with van der Waals surface area (Å²) in [5.74, 6) is 1.88. The molecule has 0 spiro atoms. The maximum absolute atomic E-state index is 13.0. The third kappa shape index (κ3) is 4.41. The van der Waals surface area contributed by atoms with Crippen LogP contribution in [0.3, 0.4) is 0 Å². The molecule has 0 fully saturated rings. The molecule has 1 aliphatic heterocycles. The molecule has 4 aromatic rings. The SMILES string of the molecule is CCc1cccc(-c2cc(=O)n3c(n2)N(c2ccnc(NC(C)c4ccccc4)n2)CCC3)c1. The van der Waals surface area contributed by atoms with E-state index in [1.807, 2.05) is 41.3 Å². The third-order valence-electron chi connectivity index (χ3n) is 6.19. The smallest absolute Gasteiger partial charge is 0.255 e. The number of nitrogens with one attached hydrogen (secondary N) is 1. The van der Waals surface area contributed by atoms with Crippen molar-refractivity contribution in [3.8, 4) is 11.3 Å². The second-order valence-corrected chi connectivity index (χ2v) is 8.51. The van der Waals surface area contributed by atoms with E-state index in [1.165, 1.54) is 5.56 Å². The van der Waals surface area contributed by atoms with E-state index in [-0.39, 0.29) is 11.6 Å². The fraction of sp³-hybridized carbons (Fsp3) is 0.259. The molecule has 1 aliphatic rings. The third-order valence-corrected chi connectivity index (χ3v) is 6.19. The van der Waals surface area contributed by atoms with Gasteiger partial charge in [0.05, 0.1) is 11.7 Å². The summed E-state index contributed by atoms with van der Waals surface area (Å²) in [5.41, 5.74) is 3.97. The minimum atomic E-state index is -0.0447. The second kappa shape index (κ2) is 9.47. The van der Waals surface area contributed by atoms with Gasteiger partial charge in [0.25, 0.3) is 5.56 Å². The van der Waals surface area contributed by atoms with Crippen LogP contribution in [0.5, 0.6) is 0 Å². The van der Waals surface area contributed by atoms with E-state index < -0.39 is 0 Å². The number of hydrogen-bond donors (Lipinski definition) is 1. The highest BCUT2D eigenvalue weighted by molar-refractivity contribution is 5.64. The average molecular weight is 453 g/mol. The van der Waals surface area contributed by atoms with Crippen molar-refractivity contribution < 1.29 is 0 Å². The lowest BCUT2D eigenvalue weighted by atomic mass is 10.1. The molecule has 1 atom stereocenters. The van der Waals surface area contributed by atoms with E-state index in [0.29, 0.717) is 24.1 Å². The number of nitrogens with zero attached hydrogens (tertiary/aromatic N) is 5. The van der Waals surface area contributed by atoms with Gasteiger partial charge in [0.1, 0.15) is 5.82 Å². The predicted octanol–water partition coefficient (Wildman–Crippen LogP) is 4.98. The van der Waals surface area contributed by atoms with Crippen molar-refractivity contribution in [2.24, 2.45) is 0 Å². The van der Waals surface area contributed by atoms with Gasteiger partial charge >= 0.3 is 0 Å². The molecule has 172 valence electrons. The summed E-state index contributed by atoms with van der Waals surface area (Å²) < 4.78 is 1.73. The van der Waals surface area contributed by atoms with Crippen LogP contribution in [0.2, 0.25) is 0 Å². The van der Waals surface area contributed by atoms with Crippen LogP contribution in [0.4, 0.5) is 17.7 Å². The van der Waals surface area contributed by atoms with Crippen LogP contribution in [0.1, 0.15) is 37.4 Å². The highest BCUT2D eigenvalue weighted by atomic mass is 16.1. The molecular weight excluding hydrogens is 424 g/mol. The van der Waals surface area contributed by atoms with Gasteiger partial charge in [-0.05, 0) is 43.0 Å². The van der Waals surface area contributed by atoms with Crippen molar-refractivity contribution in [2.45, 2.75) is 39.3 Å². The fourth-order valence-corrected chi connectivity index (χ4v) is 4.30. The molecule has 0 bridgehead atoms. The van der Waals surface area contributed by atoms with Crippen LogP contribution in [0.15, 0.2) is 77.7 Å². The molecule has 34 heavy (non-hydrogen) atoms. The Morgan fingerprint density at radius 2 is 1.85 bits per heavy atom. The summed E-state index contributed by atoms with van der Waals surface area (Å²) in [7, 11) is 0. The summed E-state index contributed by atoms with van der Waals surface area (Å²) >= 11 is 0. The molecule has 1 unspecified atom stereocenters. The molecule has 2 aromatic carbocycles. The first-order valence-corrected chi connectivity index (χ1v) is 11.8. The Balaban J connectivity index is 1.49. The molecule has 7 nitrogen and oxygen atoms in total. The van der Waals surface area contributed by atoms with Gasteiger partial charge in [0.15, 0.2) is 0 Å². The molecule has 5 rings (SSSR count). The van der Waals surface area contributed by atoms with Crippen molar-refractivity contribution in [3.05, 3.63) is 94.4 Å². The van der Waals surface area contributed by atoms with Gasteiger partial charge in [-0.25, -0.2) is 9.97 Å². The van der Waals surface area contributed by atoms with E-state index in [0.717, 1.165) is 36.3 Å². The molecule has 0 amide bonds. The zero-order valence-electron chi connectivity index (χ0n) is 19.5. The topological polar surface area (TPSA) is 75.9 Å². The van der Waals surface area contributed by atoms with Gasteiger partial charge in [-0.15, -0.1) is 0 Å². The zero-order chi connectivity index (χ0) is 23.5. The first-order valence-electron chi connectivity index (χ1n) is 11.8. The maximum atomic E-state index is 13.0. The number of fused-ring (bicyclic) bond motifs is 1. The lowest BCUT2D eigenvalue weighted by Crippen LogP contribution is -2.36. The second-order valence-electron chi connectivity index (χ2n) is 8.51. The van der Waals surface area contributed by atoms with Crippen LogP contribution < -0.4 is 15.8 Å². The first kappa shape index (κ1) is 21.8. The Morgan fingerprint density at radius 3 is 2.68 bits per heavy atom. The van der Waals surface area contributed by atoms with Crippen molar-refractivity contribution in [3.63, 3.8) is 0 Å². The number of hydrogen-bond acceptors (Lipinski definition) is 6. The van der Waals surface area contributed by atoms with Crippen molar-refractivity contribution in [1.29, 1.82) is 0 Å². The Kier molecular flexibility index (Phi) is 6.08. The molecule has 2 aromatic heterocycles. The van der Waals surface area contributed by atoms with Crippen molar-refractivity contribution in [2.75, 3.05) is 16.8 Å². The van der Waals surface area contributed by atoms with Gasteiger partial charge in [0, 0.05) is 30.9 Å². The molecule has 0 saturated heterocycles. The van der Waals surface area contributed by atoms with E-state index in [9.17, 15) is 4.79 Å². The van der Waals surface area contributed by atoms with Gasteiger partial charge in [-0.1, -0.05) is 55.5 Å². The summed E-state index contributed by atoms with van der Waals surface area (Å²) in [5, 5.41) is 3.39. The lowest BCUT2D eigenvalue weighted by molar-refractivity contribution is 0.561. The highest BCUT2D eigenvalue weighted by Crippen LogP contribution is 2.28.